The van der Waals surface area contributed by atoms with Gasteiger partial charge >= 0.3 is 0 Å². The van der Waals surface area contributed by atoms with Gasteiger partial charge in [0.1, 0.15) is 0 Å². The Morgan fingerprint density at radius 2 is 1.60 bits per heavy atom. The standard InChI is InChI=1S/C2H6O.CH3.Y/c1-2-3;;/h3H,2H2,1H3;1H3;/q;-1;. The number of hydrogen-bond acceptors (Lipinski definition) is 1. The Hall–Kier alpha value is 1.06. The van der Waals surface area contributed by atoms with E-state index in [1.54, 1.807) is 6.92 Å². The zero-order valence-electron chi connectivity index (χ0n) is 3.73. The van der Waals surface area contributed by atoms with Crippen LogP contribution in [-0.4, -0.2) is 11.7 Å². The summed E-state index contributed by atoms with van der Waals surface area (Å²) >= 11 is 0. The Morgan fingerprint density at radius 1 is 1.60 bits per heavy atom. The van der Waals surface area contributed by atoms with Crippen LogP contribution in [0, 0.1) is 7.43 Å². The molecule has 1 N–H and O–H groups in total. The molecule has 0 aromatic carbocycles. The molecule has 0 saturated heterocycles. The molecule has 0 saturated carbocycles. The first-order valence-corrected chi connectivity index (χ1v) is 1.02. The predicted molar refractivity (Wildman–Crippen MR) is 19.2 cm³/mol. The maximum Gasteiger partial charge on any atom is 0.0402 e. The minimum atomic E-state index is 0. The van der Waals surface area contributed by atoms with Crippen molar-refractivity contribution in [3.8, 4) is 0 Å². The van der Waals surface area contributed by atoms with Gasteiger partial charge in [0.05, 0.1) is 0 Å². The molecular formula is C3H9OY-. The van der Waals surface area contributed by atoms with Gasteiger partial charge in [0.2, 0.25) is 0 Å². The first kappa shape index (κ1) is 16.6. The minimum Gasteiger partial charge on any atom is -0.397 e. The summed E-state index contributed by atoms with van der Waals surface area (Å²) in [5.74, 6) is 0. The predicted octanol–water partition coefficient (Wildman–Crippen LogP) is 0.446. The molecule has 0 aliphatic rings. The van der Waals surface area contributed by atoms with E-state index in [9.17, 15) is 0 Å². The molecule has 1 nitrogen and oxygen atoms in total. The van der Waals surface area contributed by atoms with E-state index in [0.717, 1.165) is 0 Å². The zero-order valence-corrected chi connectivity index (χ0v) is 6.57. The molecule has 0 amide bonds. The molecule has 0 aromatic rings. The summed E-state index contributed by atoms with van der Waals surface area (Å²) in [6, 6.07) is 0. The molecule has 0 spiro atoms. The molecule has 2 heteroatoms. The Balaban J connectivity index is -0.0000000200. The Bertz CT molecular complexity index is 6.85. The summed E-state index contributed by atoms with van der Waals surface area (Å²) in [5.41, 5.74) is 0. The van der Waals surface area contributed by atoms with Crippen LogP contribution < -0.4 is 0 Å². The van der Waals surface area contributed by atoms with Crippen LogP contribution in [-0.2, 0) is 32.7 Å². The van der Waals surface area contributed by atoms with Crippen LogP contribution >= 0.6 is 0 Å². The molecule has 0 heterocycles. The van der Waals surface area contributed by atoms with Gasteiger partial charge in [0.15, 0.2) is 0 Å². The van der Waals surface area contributed by atoms with Crippen LogP contribution in [0.1, 0.15) is 6.92 Å². The smallest absolute Gasteiger partial charge is 0.0402 e. The van der Waals surface area contributed by atoms with E-state index in [-0.39, 0.29) is 46.7 Å². The molecule has 0 unspecified atom stereocenters. The van der Waals surface area contributed by atoms with Crippen molar-refractivity contribution in [2.75, 3.05) is 6.61 Å². The van der Waals surface area contributed by atoms with Crippen molar-refractivity contribution in [1.82, 2.24) is 0 Å². The second kappa shape index (κ2) is 19.6. The van der Waals surface area contributed by atoms with E-state index >= 15 is 0 Å². The Morgan fingerprint density at radius 3 is 1.60 bits per heavy atom. The van der Waals surface area contributed by atoms with Gasteiger partial charge < -0.3 is 12.5 Å². The quantitative estimate of drug-likeness (QED) is 0.497. The topological polar surface area (TPSA) is 20.2 Å². The fourth-order valence-electron chi connectivity index (χ4n) is 0. The molecule has 0 rings (SSSR count). The number of aliphatic hydroxyl groups is 1. The average molecular weight is 150 g/mol. The monoisotopic (exact) mass is 150 g/mol. The van der Waals surface area contributed by atoms with Gasteiger partial charge in [-0.05, 0) is 6.92 Å². The van der Waals surface area contributed by atoms with Crippen molar-refractivity contribution < 1.29 is 37.8 Å². The molecule has 5 heavy (non-hydrogen) atoms. The van der Waals surface area contributed by atoms with Crippen LogP contribution in [0.25, 0.3) is 0 Å². The van der Waals surface area contributed by atoms with Gasteiger partial charge in [-0.3, -0.25) is 0 Å². The molecule has 0 aliphatic carbocycles. The van der Waals surface area contributed by atoms with Crippen LogP contribution in [0.15, 0.2) is 0 Å². The van der Waals surface area contributed by atoms with Crippen molar-refractivity contribution in [2.45, 2.75) is 6.92 Å². The van der Waals surface area contributed by atoms with Gasteiger partial charge in [-0.2, -0.15) is 0 Å². The number of aliphatic hydroxyl groups excluding tert-OH is 1. The summed E-state index contributed by atoms with van der Waals surface area (Å²) in [5, 5.41) is 7.57. The fraction of sp³-hybridized carbons (Fsp3) is 0.667. The van der Waals surface area contributed by atoms with Gasteiger partial charge in [0.25, 0.3) is 0 Å². The molecule has 0 aromatic heterocycles. The summed E-state index contributed by atoms with van der Waals surface area (Å²) < 4.78 is 0. The molecule has 0 aliphatic heterocycles. The second-order valence-electron chi connectivity index (χ2n) is 0.316. The Labute approximate surface area is 58.7 Å². The van der Waals surface area contributed by atoms with Gasteiger partial charge in [-0.25, -0.2) is 0 Å². The van der Waals surface area contributed by atoms with Crippen LogP contribution in [0.2, 0.25) is 0 Å². The van der Waals surface area contributed by atoms with Crippen molar-refractivity contribution in [1.29, 1.82) is 0 Å². The molecule has 0 atom stereocenters. The molecule has 31 valence electrons. The SMILES string of the molecule is CCO.[CH3-].[Y]. The van der Waals surface area contributed by atoms with Crippen molar-refractivity contribution in [3.05, 3.63) is 7.43 Å². The third kappa shape index (κ3) is 42.0. The van der Waals surface area contributed by atoms with E-state index < -0.39 is 0 Å². The first-order valence-electron chi connectivity index (χ1n) is 1.02. The van der Waals surface area contributed by atoms with Crippen LogP contribution in [0.3, 0.4) is 0 Å². The van der Waals surface area contributed by atoms with Crippen LogP contribution in [0.4, 0.5) is 0 Å². The number of rotatable bonds is 0. The molecular weight excluding hydrogens is 141 g/mol. The van der Waals surface area contributed by atoms with E-state index in [2.05, 4.69) is 0 Å². The zero-order chi connectivity index (χ0) is 2.71. The first-order chi connectivity index (χ1) is 1.41. The van der Waals surface area contributed by atoms with E-state index in [1.807, 2.05) is 0 Å². The Kier molecular flexibility index (Phi) is 65.0. The van der Waals surface area contributed by atoms with Gasteiger partial charge in [0, 0.05) is 39.3 Å². The normalized spacial score (nSPS) is 3.60. The summed E-state index contributed by atoms with van der Waals surface area (Å²) in [6.45, 7) is 1.93. The third-order valence-corrected chi connectivity index (χ3v) is 0. The maximum absolute atomic E-state index is 7.57. The van der Waals surface area contributed by atoms with E-state index in [0.29, 0.717) is 0 Å². The van der Waals surface area contributed by atoms with Crippen LogP contribution in [0.5, 0.6) is 0 Å². The van der Waals surface area contributed by atoms with Gasteiger partial charge in [-0.1, -0.05) is 0 Å². The summed E-state index contributed by atoms with van der Waals surface area (Å²) in [6.07, 6.45) is 0. The van der Waals surface area contributed by atoms with E-state index in [1.165, 1.54) is 0 Å². The number of hydrogen-bond donors (Lipinski definition) is 1. The second-order valence-corrected chi connectivity index (χ2v) is 0.316. The average Bonchev–Trinajstić information content (AvgIpc) is 0.918. The summed E-state index contributed by atoms with van der Waals surface area (Å²) in [7, 11) is 0. The van der Waals surface area contributed by atoms with Crippen molar-refractivity contribution in [3.63, 3.8) is 0 Å². The minimum absolute atomic E-state index is 0. The van der Waals surface area contributed by atoms with Crippen molar-refractivity contribution >= 4 is 0 Å². The molecule has 1 radical (unpaired) electrons. The molecule has 0 fully saturated rings. The maximum atomic E-state index is 7.57. The fourth-order valence-corrected chi connectivity index (χ4v) is 0. The van der Waals surface area contributed by atoms with Crippen molar-refractivity contribution in [2.24, 2.45) is 0 Å². The molecule has 0 bridgehead atoms. The van der Waals surface area contributed by atoms with Gasteiger partial charge in [-0.15, -0.1) is 0 Å². The van der Waals surface area contributed by atoms with E-state index in [4.69, 9.17) is 5.11 Å². The third-order valence-electron chi connectivity index (χ3n) is 0. The summed E-state index contributed by atoms with van der Waals surface area (Å²) in [4.78, 5) is 0. The largest absolute Gasteiger partial charge is 0.397 e.